The largest absolute Gasteiger partial charge is 0.341 e. The molecule has 4 nitrogen and oxygen atoms in total. The van der Waals surface area contributed by atoms with E-state index >= 15 is 0 Å². The van der Waals surface area contributed by atoms with Crippen LogP contribution in [0, 0.1) is 12.3 Å². The van der Waals surface area contributed by atoms with E-state index in [0.717, 1.165) is 5.56 Å². The zero-order valence-electron chi connectivity index (χ0n) is 11.2. The Morgan fingerprint density at radius 3 is 2.76 bits per heavy atom. The first kappa shape index (κ1) is 14.9. The molecule has 2 aromatic rings. The van der Waals surface area contributed by atoms with E-state index in [9.17, 15) is 9.59 Å². The number of halogens is 1. The van der Waals surface area contributed by atoms with Gasteiger partial charge in [0.2, 0.25) is 0 Å². The fourth-order valence-electron chi connectivity index (χ4n) is 1.83. The Morgan fingerprint density at radius 1 is 1.29 bits per heavy atom. The van der Waals surface area contributed by atoms with Gasteiger partial charge in [0.1, 0.15) is 0 Å². The molecule has 1 amide bonds. The monoisotopic (exact) mass is 300 g/mol. The third kappa shape index (κ3) is 3.74. The van der Waals surface area contributed by atoms with Crippen molar-refractivity contribution in [1.82, 2.24) is 9.88 Å². The van der Waals surface area contributed by atoms with E-state index in [1.807, 2.05) is 18.2 Å². The maximum atomic E-state index is 11.9. The zero-order chi connectivity index (χ0) is 15.2. The summed E-state index contributed by atoms with van der Waals surface area (Å²) in [5, 5.41) is 3.13. The molecule has 0 saturated heterocycles. The van der Waals surface area contributed by atoms with Crippen LogP contribution in [0.3, 0.4) is 0 Å². The molecule has 0 unspecified atom stereocenters. The Kier molecular flexibility index (Phi) is 4.81. The highest BCUT2D eigenvalue weighted by Crippen LogP contribution is 2.15. The van der Waals surface area contributed by atoms with Crippen molar-refractivity contribution in [3.63, 3.8) is 0 Å². The van der Waals surface area contributed by atoms with Gasteiger partial charge >= 0.3 is 0 Å². The van der Waals surface area contributed by atoms with E-state index in [4.69, 9.17) is 18.0 Å². The van der Waals surface area contributed by atoms with E-state index in [1.54, 1.807) is 6.07 Å². The van der Waals surface area contributed by atoms with Gasteiger partial charge in [-0.25, -0.2) is 0 Å². The van der Waals surface area contributed by atoms with Crippen LogP contribution in [0.15, 0.2) is 47.4 Å². The smallest absolute Gasteiger partial charge is 0.253 e. The van der Waals surface area contributed by atoms with Gasteiger partial charge in [-0.1, -0.05) is 35.7 Å². The molecule has 0 radical (unpaired) electrons. The molecule has 1 heterocycles. The van der Waals surface area contributed by atoms with Crippen molar-refractivity contribution in [3.05, 3.63) is 69.1 Å². The van der Waals surface area contributed by atoms with Crippen molar-refractivity contribution in [3.8, 4) is 12.3 Å². The third-order valence-electron chi connectivity index (χ3n) is 2.90. The average molecular weight is 301 g/mol. The van der Waals surface area contributed by atoms with Gasteiger partial charge in [-0.05, 0) is 17.7 Å². The first-order chi connectivity index (χ1) is 10.1. The SMILES string of the molecule is C#CCNC(=O)c1ccc(=O)n(Cc2ccccc2Cl)c1. The standard InChI is InChI=1S/C16H13ClN2O2/c1-2-9-18-16(21)13-7-8-15(20)19(11-13)10-12-5-3-4-6-14(12)17/h1,3-8,11H,9-10H2,(H,18,21). The predicted molar refractivity (Wildman–Crippen MR) is 82.4 cm³/mol. The van der Waals surface area contributed by atoms with Gasteiger partial charge in [0.05, 0.1) is 18.7 Å². The van der Waals surface area contributed by atoms with E-state index in [-0.39, 0.29) is 18.0 Å². The minimum Gasteiger partial charge on any atom is -0.341 e. The topological polar surface area (TPSA) is 51.1 Å². The molecule has 0 aliphatic heterocycles. The molecule has 0 saturated carbocycles. The second-order valence-electron chi connectivity index (χ2n) is 4.36. The lowest BCUT2D eigenvalue weighted by atomic mass is 10.2. The van der Waals surface area contributed by atoms with Crippen LogP contribution in [0.5, 0.6) is 0 Å². The Morgan fingerprint density at radius 2 is 2.05 bits per heavy atom. The Hall–Kier alpha value is -2.51. The molecule has 1 aromatic carbocycles. The summed E-state index contributed by atoms with van der Waals surface area (Å²) in [7, 11) is 0. The number of rotatable bonds is 4. The highest BCUT2D eigenvalue weighted by molar-refractivity contribution is 6.31. The number of amides is 1. The van der Waals surface area contributed by atoms with E-state index in [2.05, 4.69) is 11.2 Å². The van der Waals surface area contributed by atoms with Gasteiger partial charge in [-0.3, -0.25) is 9.59 Å². The van der Waals surface area contributed by atoms with Crippen LogP contribution in [0.1, 0.15) is 15.9 Å². The summed E-state index contributed by atoms with van der Waals surface area (Å²) in [4.78, 5) is 23.7. The van der Waals surface area contributed by atoms with E-state index < -0.39 is 0 Å². The lowest BCUT2D eigenvalue weighted by molar-refractivity contribution is 0.0958. The fraction of sp³-hybridized carbons (Fsp3) is 0.125. The number of pyridine rings is 1. The number of hydrogen-bond acceptors (Lipinski definition) is 2. The number of carbonyl (C=O) groups excluding carboxylic acids is 1. The Bertz CT molecular complexity index is 759. The molecule has 0 atom stereocenters. The van der Waals surface area contributed by atoms with Gasteiger partial charge in [-0.2, -0.15) is 0 Å². The van der Waals surface area contributed by atoms with Gasteiger partial charge < -0.3 is 9.88 Å². The zero-order valence-corrected chi connectivity index (χ0v) is 11.9. The summed E-state index contributed by atoms with van der Waals surface area (Å²) in [6.07, 6.45) is 6.59. The molecule has 0 fully saturated rings. The van der Waals surface area contributed by atoms with E-state index in [0.29, 0.717) is 17.1 Å². The molecule has 0 spiro atoms. The first-order valence-corrected chi connectivity index (χ1v) is 6.65. The molecule has 1 N–H and O–H groups in total. The van der Waals surface area contributed by atoms with E-state index in [1.165, 1.54) is 22.9 Å². The minimum absolute atomic E-state index is 0.141. The summed E-state index contributed by atoms with van der Waals surface area (Å²) in [5.41, 5.74) is 0.975. The molecular weight excluding hydrogens is 288 g/mol. The number of carbonyl (C=O) groups is 1. The molecule has 2 rings (SSSR count). The quantitative estimate of drug-likeness (QED) is 0.877. The first-order valence-electron chi connectivity index (χ1n) is 6.27. The van der Waals surface area contributed by atoms with Crippen LogP contribution in [-0.4, -0.2) is 17.0 Å². The van der Waals surface area contributed by atoms with Crippen molar-refractivity contribution in [2.75, 3.05) is 6.54 Å². The van der Waals surface area contributed by atoms with Crippen molar-refractivity contribution in [2.24, 2.45) is 0 Å². The lowest BCUT2D eigenvalue weighted by Crippen LogP contribution is -2.27. The molecule has 21 heavy (non-hydrogen) atoms. The van der Waals surface area contributed by atoms with Crippen molar-refractivity contribution in [2.45, 2.75) is 6.54 Å². The molecule has 5 heteroatoms. The minimum atomic E-state index is -0.319. The van der Waals surface area contributed by atoms with Crippen molar-refractivity contribution < 1.29 is 4.79 Å². The van der Waals surface area contributed by atoms with Crippen LogP contribution < -0.4 is 10.9 Å². The maximum absolute atomic E-state index is 11.9. The van der Waals surface area contributed by atoms with Crippen molar-refractivity contribution >= 4 is 17.5 Å². The van der Waals surface area contributed by atoms with Crippen LogP contribution in [0.2, 0.25) is 5.02 Å². The van der Waals surface area contributed by atoms with Gasteiger partial charge in [0, 0.05) is 17.3 Å². The molecule has 0 aliphatic rings. The summed E-state index contributed by atoms with van der Waals surface area (Å²) in [5.74, 6) is 2.01. The average Bonchev–Trinajstić information content (AvgIpc) is 2.49. The van der Waals surface area contributed by atoms with Gasteiger partial charge in [0.15, 0.2) is 0 Å². The Balaban J connectivity index is 2.28. The second-order valence-corrected chi connectivity index (χ2v) is 4.77. The summed E-state index contributed by atoms with van der Waals surface area (Å²) < 4.78 is 1.44. The fourth-order valence-corrected chi connectivity index (χ4v) is 2.03. The van der Waals surface area contributed by atoms with Crippen LogP contribution in [-0.2, 0) is 6.54 Å². The number of benzene rings is 1. The highest BCUT2D eigenvalue weighted by atomic mass is 35.5. The summed E-state index contributed by atoms with van der Waals surface area (Å²) in [6.45, 7) is 0.442. The number of nitrogens with one attached hydrogen (secondary N) is 1. The molecule has 1 aromatic heterocycles. The molecule has 0 aliphatic carbocycles. The second kappa shape index (κ2) is 6.78. The summed E-state index contributed by atoms with van der Waals surface area (Å²) >= 11 is 6.08. The number of hydrogen-bond donors (Lipinski definition) is 1. The number of nitrogens with zero attached hydrogens (tertiary/aromatic N) is 1. The normalized spacial score (nSPS) is 9.90. The van der Waals surface area contributed by atoms with Crippen molar-refractivity contribution in [1.29, 1.82) is 0 Å². The highest BCUT2D eigenvalue weighted by Gasteiger charge is 2.08. The maximum Gasteiger partial charge on any atom is 0.253 e. The molecule has 106 valence electrons. The molecule has 0 bridgehead atoms. The number of terminal acetylenes is 1. The molecular formula is C16H13ClN2O2. The third-order valence-corrected chi connectivity index (χ3v) is 3.26. The Labute approximate surface area is 127 Å². The van der Waals surface area contributed by atoms with Gasteiger partial charge in [-0.15, -0.1) is 6.42 Å². The van der Waals surface area contributed by atoms with Crippen LogP contribution in [0.25, 0.3) is 0 Å². The summed E-state index contributed by atoms with van der Waals surface area (Å²) in [6, 6.07) is 10.1. The van der Waals surface area contributed by atoms with Gasteiger partial charge in [0.25, 0.3) is 11.5 Å². The number of aromatic nitrogens is 1. The van der Waals surface area contributed by atoms with Crippen LogP contribution in [0.4, 0.5) is 0 Å². The predicted octanol–water partition coefficient (Wildman–Crippen LogP) is 1.91. The lowest BCUT2D eigenvalue weighted by Gasteiger charge is -2.09. The van der Waals surface area contributed by atoms with Crippen LogP contribution >= 0.6 is 11.6 Å².